The molecular weight excluding hydrogens is 238 g/mol. The van der Waals surface area contributed by atoms with Crippen molar-refractivity contribution in [2.75, 3.05) is 5.73 Å². The highest BCUT2D eigenvalue weighted by molar-refractivity contribution is 7.13. The van der Waals surface area contributed by atoms with E-state index in [1.807, 2.05) is 17.5 Å². The summed E-state index contributed by atoms with van der Waals surface area (Å²) in [5.41, 5.74) is 6.49. The van der Waals surface area contributed by atoms with Crippen LogP contribution in [0.15, 0.2) is 28.2 Å². The Morgan fingerprint density at radius 1 is 1.47 bits per heavy atom. The molecule has 0 amide bonds. The minimum Gasteiger partial charge on any atom is -0.383 e. The lowest BCUT2D eigenvalue weighted by Gasteiger charge is -1.93. The lowest BCUT2D eigenvalue weighted by molar-refractivity contribution is 0.432. The number of rotatable bonds is 2. The number of aromatic nitrogens is 4. The standard InChI is InChI=1S/C10H9N5OS/c1-15-8(11)6(5-12-15)10-13-9(14-16-10)7-3-2-4-17-7/h2-5H,11H2,1H3. The van der Waals surface area contributed by atoms with E-state index >= 15 is 0 Å². The van der Waals surface area contributed by atoms with E-state index in [2.05, 4.69) is 15.2 Å². The number of nitrogens with two attached hydrogens (primary N) is 1. The molecule has 2 N–H and O–H groups in total. The fourth-order valence-electron chi connectivity index (χ4n) is 1.45. The third kappa shape index (κ3) is 1.60. The molecule has 0 aromatic carbocycles. The molecule has 0 aliphatic carbocycles. The van der Waals surface area contributed by atoms with Gasteiger partial charge in [-0.2, -0.15) is 10.1 Å². The molecule has 0 saturated carbocycles. The number of aryl methyl sites for hydroxylation is 1. The van der Waals surface area contributed by atoms with Crippen molar-refractivity contribution < 1.29 is 4.52 Å². The molecule has 3 aromatic rings. The van der Waals surface area contributed by atoms with Crippen molar-refractivity contribution in [1.82, 2.24) is 19.9 Å². The van der Waals surface area contributed by atoms with E-state index in [9.17, 15) is 0 Å². The second-order valence-electron chi connectivity index (χ2n) is 3.47. The van der Waals surface area contributed by atoms with Crippen LogP contribution < -0.4 is 5.73 Å². The molecule has 0 spiro atoms. The van der Waals surface area contributed by atoms with Gasteiger partial charge in [0.2, 0.25) is 5.82 Å². The molecule has 0 fully saturated rings. The zero-order chi connectivity index (χ0) is 11.8. The third-order valence-electron chi connectivity index (χ3n) is 2.38. The first-order valence-corrected chi connectivity index (χ1v) is 5.79. The van der Waals surface area contributed by atoms with Crippen molar-refractivity contribution in [2.24, 2.45) is 7.05 Å². The average Bonchev–Trinajstić information content (AvgIpc) is 3.01. The van der Waals surface area contributed by atoms with Crippen LogP contribution in [0.5, 0.6) is 0 Å². The Labute approximate surface area is 101 Å². The lowest BCUT2D eigenvalue weighted by Crippen LogP contribution is -1.98. The van der Waals surface area contributed by atoms with Gasteiger partial charge < -0.3 is 10.3 Å². The summed E-state index contributed by atoms with van der Waals surface area (Å²) in [6, 6.07) is 3.88. The van der Waals surface area contributed by atoms with Gasteiger partial charge in [0, 0.05) is 7.05 Å². The van der Waals surface area contributed by atoms with Crippen LogP contribution in [0.25, 0.3) is 22.2 Å². The van der Waals surface area contributed by atoms with Crippen molar-refractivity contribution in [3.63, 3.8) is 0 Å². The first kappa shape index (κ1) is 10.0. The Hall–Kier alpha value is -2.15. The van der Waals surface area contributed by atoms with Crippen LogP contribution in [-0.4, -0.2) is 19.9 Å². The molecule has 0 aliphatic rings. The van der Waals surface area contributed by atoms with Crippen LogP contribution in [0.4, 0.5) is 5.82 Å². The molecule has 0 bridgehead atoms. The number of hydrogen-bond acceptors (Lipinski definition) is 6. The van der Waals surface area contributed by atoms with Crippen molar-refractivity contribution >= 4 is 17.2 Å². The average molecular weight is 247 g/mol. The van der Waals surface area contributed by atoms with E-state index < -0.39 is 0 Å². The van der Waals surface area contributed by atoms with Crippen molar-refractivity contribution in [1.29, 1.82) is 0 Å². The van der Waals surface area contributed by atoms with E-state index in [-0.39, 0.29) is 0 Å². The zero-order valence-corrected chi connectivity index (χ0v) is 9.81. The smallest absolute Gasteiger partial charge is 0.263 e. The molecule has 0 saturated heterocycles. The van der Waals surface area contributed by atoms with Gasteiger partial charge >= 0.3 is 0 Å². The van der Waals surface area contributed by atoms with E-state index in [1.165, 1.54) is 0 Å². The Morgan fingerprint density at radius 3 is 3.00 bits per heavy atom. The van der Waals surface area contributed by atoms with Gasteiger partial charge in [-0.25, -0.2) is 0 Å². The molecule has 0 unspecified atom stereocenters. The fraction of sp³-hybridized carbons (Fsp3) is 0.100. The summed E-state index contributed by atoms with van der Waals surface area (Å²) in [4.78, 5) is 5.26. The topological polar surface area (TPSA) is 82.8 Å². The SMILES string of the molecule is Cn1ncc(-c2nc(-c3cccs3)no2)c1N. The minimum absolute atomic E-state index is 0.388. The molecule has 6 nitrogen and oxygen atoms in total. The quantitative estimate of drug-likeness (QED) is 0.746. The third-order valence-corrected chi connectivity index (χ3v) is 3.25. The molecular formula is C10H9N5OS. The van der Waals surface area contributed by atoms with Gasteiger partial charge in [-0.15, -0.1) is 11.3 Å². The van der Waals surface area contributed by atoms with Crippen LogP contribution in [0.1, 0.15) is 0 Å². The maximum absolute atomic E-state index is 5.84. The highest BCUT2D eigenvalue weighted by Gasteiger charge is 2.16. The van der Waals surface area contributed by atoms with Gasteiger partial charge in [0.15, 0.2) is 0 Å². The molecule has 86 valence electrons. The zero-order valence-electron chi connectivity index (χ0n) is 8.99. The fourth-order valence-corrected chi connectivity index (χ4v) is 2.10. The Morgan fingerprint density at radius 2 is 2.35 bits per heavy atom. The van der Waals surface area contributed by atoms with Gasteiger partial charge in [0.25, 0.3) is 5.89 Å². The number of thiophene rings is 1. The van der Waals surface area contributed by atoms with Gasteiger partial charge in [0.1, 0.15) is 11.4 Å². The first-order valence-electron chi connectivity index (χ1n) is 4.91. The summed E-state index contributed by atoms with van der Waals surface area (Å²) >= 11 is 1.56. The predicted molar refractivity (Wildman–Crippen MR) is 64.2 cm³/mol. The summed E-state index contributed by atoms with van der Waals surface area (Å²) < 4.78 is 6.74. The Balaban J connectivity index is 2.04. The molecule has 0 aliphatic heterocycles. The molecule has 17 heavy (non-hydrogen) atoms. The maximum Gasteiger partial charge on any atom is 0.263 e. The predicted octanol–water partition coefficient (Wildman–Crippen LogP) is 1.78. The maximum atomic E-state index is 5.84. The van der Waals surface area contributed by atoms with Gasteiger partial charge in [-0.3, -0.25) is 4.68 Å². The van der Waals surface area contributed by atoms with Gasteiger partial charge in [-0.1, -0.05) is 11.2 Å². The first-order chi connectivity index (χ1) is 8.25. The molecule has 3 heterocycles. The second kappa shape index (κ2) is 3.70. The molecule has 3 rings (SSSR count). The molecule has 7 heteroatoms. The summed E-state index contributed by atoms with van der Waals surface area (Å²) in [7, 11) is 1.76. The van der Waals surface area contributed by atoms with E-state index in [4.69, 9.17) is 10.3 Å². The molecule has 0 radical (unpaired) electrons. The number of hydrogen-bond donors (Lipinski definition) is 1. The second-order valence-corrected chi connectivity index (χ2v) is 4.42. The van der Waals surface area contributed by atoms with Crippen molar-refractivity contribution in [3.05, 3.63) is 23.7 Å². The monoisotopic (exact) mass is 247 g/mol. The summed E-state index contributed by atoms with van der Waals surface area (Å²) in [5.74, 6) is 1.46. The van der Waals surface area contributed by atoms with E-state index in [0.717, 1.165) is 4.88 Å². The highest BCUT2D eigenvalue weighted by atomic mass is 32.1. The normalized spacial score (nSPS) is 10.9. The van der Waals surface area contributed by atoms with Crippen LogP contribution in [0.2, 0.25) is 0 Å². The number of anilines is 1. The lowest BCUT2D eigenvalue weighted by atomic mass is 10.3. The summed E-state index contributed by atoms with van der Waals surface area (Å²) in [6.45, 7) is 0. The van der Waals surface area contributed by atoms with Gasteiger partial charge in [0.05, 0.1) is 11.1 Å². The number of nitrogens with zero attached hydrogens (tertiary/aromatic N) is 4. The van der Waals surface area contributed by atoms with Crippen molar-refractivity contribution in [3.8, 4) is 22.2 Å². The van der Waals surface area contributed by atoms with Crippen LogP contribution in [0.3, 0.4) is 0 Å². The van der Waals surface area contributed by atoms with Crippen LogP contribution >= 0.6 is 11.3 Å². The molecule has 3 aromatic heterocycles. The van der Waals surface area contributed by atoms with Gasteiger partial charge in [-0.05, 0) is 11.4 Å². The Kier molecular flexibility index (Phi) is 2.19. The van der Waals surface area contributed by atoms with E-state index in [0.29, 0.717) is 23.1 Å². The van der Waals surface area contributed by atoms with Crippen LogP contribution in [-0.2, 0) is 7.05 Å². The minimum atomic E-state index is 0.388. The Bertz CT molecular complexity index is 640. The largest absolute Gasteiger partial charge is 0.383 e. The molecule has 0 atom stereocenters. The summed E-state index contributed by atoms with van der Waals surface area (Å²) in [6.07, 6.45) is 1.61. The van der Waals surface area contributed by atoms with Crippen LogP contribution in [0, 0.1) is 0 Å². The summed E-state index contributed by atoms with van der Waals surface area (Å²) in [5, 5.41) is 9.91. The highest BCUT2D eigenvalue weighted by Crippen LogP contribution is 2.27. The number of nitrogen functional groups attached to an aromatic ring is 1. The van der Waals surface area contributed by atoms with E-state index in [1.54, 1.807) is 29.3 Å². The van der Waals surface area contributed by atoms with Crippen molar-refractivity contribution in [2.45, 2.75) is 0 Å².